The van der Waals surface area contributed by atoms with Gasteiger partial charge in [0.1, 0.15) is 5.76 Å². The normalized spacial score (nSPS) is 12.6. The van der Waals surface area contributed by atoms with Gasteiger partial charge in [-0.05, 0) is 52.7 Å². The fraction of sp³-hybridized carbons (Fsp3) is 0.286. The molecule has 2 nitrogen and oxygen atoms in total. The van der Waals surface area contributed by atoms with Crippen molar-refractivity contribution in [1.29, 1.82) is 0 Å². The van der Waals surface area contributed by atoms with Crippen molar-refractivity contribution >= 4 is 27.5 Å². The van der Waals surface area contributed by atoms with Crippen LogP contribution in [0.1, 0.15) is 30.7 Å². The van der Waals surface area contributed by atoms with Crippen LogP contribution in [0.2, 0.25) is 5.02 Å². The highest BCUT2D eigenvalue weighted by Crippen LogP contribution is 2.30. The van der Waals surface area contributed by atoms with Crippen molar-refractivity contribution in [3.63, 3.8) is 0 Å². The molecule has 1 aromatic carbocycles. The summed E-state index contributed by atoms with van der Waals surface area (Å²) in [7, 11) is 0. The van der Waals surface area contributed by atoms with Gasteiger partial charge >= 0.3 is 0 Å². The molecule has 0 aliphatic heterocycles. The highest BCUT2D eigenvalue weighted by Gasteiger charge is 2.19. The van der Waals surface area contributed by atoms with Crippen LogP contribution in [0.15, 0.2) is 45.5 Å². The van der Waals surface area contributed by atoms with E-state index in [1.54, 1.807) is 6.26 Å². The molecule has 1 heterocycles. The summed E-state index contributed by atoms with van der Waals surface area (Å²) in [4.78, 5) is 0. The number of furan rings is 1. The van der Waals surface area contributed by atoms with Crippen molar-refractivity contribution in [2.24, 2.45) is 0 Å². The minimum absolute atomic E-state index is 0.0213. The Kier molecular flexibility index (Phi) is 4.87. The molecule has 0 bridgehead atoms. The van der Waals surface area contributed by atoms with E-state index < -0.39 is 0 Å². The van der Waals surface area contributed by atoms with Gasteiger partial charge < -0.3 is 9.73 Å². The minimum Gasteiger partial charge on any atom is -0.466 e. The van der Waals surface area contributed by atoms with Crippen LogP contribution in [0.3, 0.4) is 0 Å². The topological polar surface area (TPSA) is 25.2 Å². The van der Waals surface area contributed by atoms with Gasteiger partial charge in [0.2, 0.25) is 0 Å². The van der Waals surface area contributed by atoms with Crippen molar-refractivity contribution in [1.82, 2.24) is 5.32 Å². The maximum absolute atomic E-state index is 6.05. The van der Waals surface area contributed by atoms with Gasteiger partial charge in [-0.25, -0.2) is 0 Å². The van der Waals surface area contributed by atoms with Crippen LogP contribution in [0, 0.1) is 0 Å². The molecule has 1 atom stereocenters. The number of rotatable bonds is 5. The zero-order valence-electron chi connectivity index (χ0n) is 10.1. The molecule has 96 valence electrons. The molecule has 4 heteroatoms. The zero-order valence-corrected chi connectivity index (χ0v) is 12.5. The average molecular weight is 329 g/mol. The summed E-state index contributed by atoms with van der Waals surface area (Å²) in [6, 6.07) is 9.76. The van der Waals surface area contributed by atoms with Crippen LogP contribution in [-0.4, -0.2) is 6.54 Å². The second kappa shape index (κ2) is 6.41. The largest absolute Gasteiger partial charge is 0.466 e. The van der Waals surface area contributed by atoms with Crippen LogP contribution in [0.5, 0.6) is 0 Å². The fourth-order valence-corrected chi connectivity index (χ4v) is 2.48. The number of hydrogen-bond donors (Lipinski definition) is 1. The number of hydrogen-bond acceptors (Lipinski definition) is 2. The summed E-state index contributed by atoms with van der Waals surface area (Å²) in [6.07, 6.45) is 2.75. The molecule has 2 aromatic rings. The van der Waals surface area contributed by atoms with Crippen LogP contribution in [-0.2, 0) is 0 Å². The average Bonchev–Trinajstić information content (AvgIpc) is 2.77. The number of nitrogens with one attached hydrogen (secondary N) is 1. The van der Waals surface area contributed by atoms with E-state index >= 15 is 0 Å². The molecule has 0 saturated heterocycles. The van der Waals surface area contributed by atoms with Crippen molar-refractivity contribution in [3.05, 3.63) is 57.4 Å². The SMILES string of the molecule is CCCNC(c1cccc(Cl)c1)c1occc1Br. The Labute approximate surface area is 120 Å². The summed E-state index contributed by atoms with van der Waals surface area (Å²) in [5.41, 5.74) is 1.10. The Morgan fingerprint density at radius 3 is 2.83 bits per heavy atom. The maximum Gasteiger partial charge on any atom is 0.139 e. The molecule has 0 fully saturated rings. The summed E-state index contributed by atoms with van der Waals surface area (Å²) < 4.78 is 6.53. The van der Waals surface area contributed by atoms with Crippen LogP contribution < -0.4 is 5.32 Å². The van der Waals surface area contributed by atoms with E-state index in [0.717, 1.165) is 33.8 Å². The van der Waals surface area contributed by atoms with Crippen molar-refractivity contribution < 1.29 is 4.42 Å². The predicted octanol–water partition coefficient (Wildman–Crippen LogP) is 4.78. The Balaban J connectivity index is 2.33. The van der Waals surface area contributed by atoms with Crippen molar-refractivity contribution in [2.75, 3.05) is 6.54 Å². The van der Waals surface area contributed by atoms with E-state index in [1.807, 2.05) is 30.3 Å². The van der Waals surface area contributed by atoms with Crippen molar-refractivity contribution in [3.8, 4) is 0 Å². The zero-order chi connectivity index (χ0) is 13.0. The Morgan fingerprint density at radius 2 is 2.22 bits per heavy atom. The molecule has 0 amide bonds. The highest BCUT2D eigenvalue weighted by atomic mass is 79.9. The molecular weight excluding hydrogens is 314 g/mol. The molecule has 1 aromatic heterocycles. The molecule has 1 N–H and O–H groups in total. The third-order valence-electron chi connectivity index (χ3n) is 2.69. The molecule has 0 saturated carbocycles. The lowest BCUT2D eigenvalue weighted by atomic mass is 10.0. The second-order valence-corrected chi connectivity index (χ2v) is 5.37. The van der Waals surface area contributed by atoms with Crippen LogP contribution in [0.25, 0.3) is 0 Å². The van der Waals surface area contributed by atoms with Gasteiger partial charge in [-0.2, -0.15) is 0 Å². The Morgan fingerprint density at radius 1 is 1.39 bits per heavy atom. The van der Waals surface area contributed by atoms with Gasteiger partial charge in [-0.1, -0.05) is 30.7 Å². The number of benzene rings is 1. The monoisotopic (exact) mass is 327 g/mol. The first kappa shape index (κ1) is 13.7. The number of halogens is 2. The summed E-state index contributed by atoms with van der Waals surface area (Å²) in [5, 5.41) is 4.21. The smallest absolute Gasteiger partial charge is 0.139 e. The lowest BCUT2D eigenvalue weighted by Crippen LogP contribution is -2.23. The quantitative estimate of drug-likeness (QED) is 0.854. The summed E-state index contributed by atoms with van der Waals surface area (Å²) in [5.74, 6) is 0.880. The first-order valence-electron chi connectivity index (χ1n) is 5.94. The molecule has 0 aliphatic carbocycles. The third-order valence-corrected chi connectivity index (χ3v) is 3.58. The fourth-order valence-electron chi connectivity index (χ4n) is 1.85. The maximum atomic E-state index is 6.05. The third kappa shape index (κ3) is 3.16. The molecule has 2 rings (SSSR count). The minimum atomic E-state index is 0.0213. The molecule has 18 heavy (non-hydrogen) atoms. The first-order valence-corrected chi connectivity index (χ1v) is 7.11. The van der Waals surface area contributed by atoms with Gasteiger partial charge in [-0.15, -0.1) is 0 Å². The standard InChI is InChI=1S/C14H15BrClNO/c1-2-7-17-13(14-12(15)6-8-18-14)10-4-3-5-11(16)9-10/h3-6,8-9,13,17H,2,7H2,1H3. The predicted molar refractivity (Wildman–Crippen MR) is 78.0 cm³/mol. The van der Waals surface area contributed by atoms with E-state index in [-0.39, 0.29) is 6.04 Å². The molecule has 0 radical (unpaired) electrons. The first-order chi connectivity index (χ1) is 8.72. The molecule has 1 unspecified atom stereocenters. The van der Waals surface area contributed by atoms with Crippen LogP contribution >= 0.6 is 27.5 Å². The summed E-state index contributed by atoms with van der Waals surface area (Å²) >= 11 is 9.56. The molecule has 0 aliphatic rings. The second-order valence-electron chi connectivity index (χ2n) is 4.07. The van der Waals surface area contributed by atoms with Gasteiger partial charge in [0.25, 0.3) is 0 Å². The lowest BCUT2D eigenvalue weighted by molar-refractivity contribution is 0.444. The van der Waals surface area contributed by atoms with Gasteiger partial charge in [0.15, 0.2) is 0 Å². The molecule has 0 spiro atoms. The van der Waals surface area contributed by atoms with E-state index in [0.29, 0.717) is 0 Å². The van der Waals surface area contributed by atoms with Gasteiger partial charge in [0, 0.05) is 5.02 Å². The van der Waals surface area contributed by atoms with E-state index in [4.69, 9.17) is 16.0 Å². The summed E-state index contributed by atoms with van der Waals surface area (Å²) in [6.45, 7) is 3.06. The Bertz CT molecular complexity index is 512. The van der Waals surface area contributed by atoms with Gasteiger partial charge in [-0.3, -0.25) is 0 Å². The van der Waals surface area contributed by atoms with E-state index in [2.05, 4.69) is 28.2 Å². The van der Waals surface area contributed by atoms with Crippen molar-refractivity contribution in [2.45, 2.75) is 19.4 Å². The highest BCUT2D eigenvalue weighted by molar-refractivity contribution is 9.10. The van der Waals surface area contributed by atoms with E-state index in [9.17, 15) is 0 Å². The van der Waals surface area contributed by atoms with Gasteiger partial charge in [0.05, 0.1) is 16.8 Å². The Hall–Kier alpha value is -0.770. The van der Waals surface area contributed by atoms with E-state index in [1.165, 1.54) is 0 Å². The van der Waals surface area contributed by atoms with Crippen LogP contribution in [0.4, 0.5) is 0 Å². The molecular formula is C14H15BrClNO. The lowest BCUT2D eigenvalue weighted by Gasteiger charge is -2.17.